The van der Waals surface area contributed by atoms with Gasteiger partial charge >= 0.3 is 0 Å². The van der Waals surface area contributed by atoms with E-state index >= 15 is 0 Å². The first-order chi connectivity index (χ1) is 4.66. The normalized spacial score (nSPS) is 9.30. The standard InChI is InChI=1S/C9H12O/c1-5-10-9(4)7-6-8(2)3/h5-7H,1-2,4H2,3H3/b7-6-. The minimum Gasteiger partial charge on any atom is -0.466 e. The highest BCUT2D eigenvalue weighted by Crippen LogP contribution is 1.98. The van der Waals surface area contributed by atoms with Gasteiger partial charge in [-0.2, -0.15) is 0 Å². The number of rotatable bonds is 4. The molecule has 10 heavy (non-hydrogen) atoms. The molecule has 0 saturated heterocycles. The van der Waals surface area contributed by atoms with E-state index in [9.17, 15) is 0 Å². The van der Waals surface area contributed by atoms with Crippen LogP contribution in [0.25, 0.3) is 0 Å². The summed E-state index contributed by atoms with van der Waals surface area (Å²) in [5.41, 5.74) is 0.966. The van der Waals surface area contributed by atoms with Crippen molar-refractivity contribution in [2.75, 3.05) is 0 Å². The molecule has 0 heterocycles. The Morgan fingerprint density at radius 3 is 2.30 bits per heavy atom. The number of allylic oxidation sites excluding steroid dienone is 3. The third kappa shape index (κ3) is 4.91. The summed E-state index contributed by atoms with van der Waals surface area (Å²) in [4.78, 5) is 0. The van der Waals surface area contributed by atoms with E-state index < -0.39 is 0 Å². The minimum atomic E-state index is 0.568. The van der Waals surface area contributed by atoms with Gasteiger partial charge in [0.05, 0.1) is 6.26 Å². The van der Waals surface area contributed by atoms with Gasteiger partial charge < -0.3 is 4.74 Å². The maximum Gasteiger partial charge on any atom is 0.119 e. The molecule has 0 aromatic carbocycles. The molecule has 0 aliphatic heterocycles. The zero-order valence-corrected chi connectivity index (χ0v) is 6.26. The zero-order chi connectivity index (χ0) is 7.98. The highest BCUT2D eigenvalue weighted by atomic mass is 16.5. The molecule has 0 spiro atoms. The third-order valence-electron chi connectivity index (χ3n) is 0.788. The van der Waals surface area contributed by atoms with E-state index in [1.165, 1.54) is 6.26 Å². The molecule has 0 fully saturated rings. The lowest BCUT2D eigenvalue weighted by Crippen LogP contribution is -1.75. The van der Waals surface area contributed by atoms with Gasteiger partial charge in [0, 0.05) is 0 Å². The first-order valence-corrected chi connectivity index (χ1v) is 2.97. The highest BCUT2D eigenvalue weighted by molar-refractivity contribution is 5.19. The molecule has 0 aromatic heterocycles. The van der Waals surface area contributed by atoms with Crippen molar-refractivity contribution >= 4 is 0 Å². The largest absolute Gasteiger partial charge is 0.466 e. The Hall–Kier alpha value is -1.24. The predicted octanol–water partition coefficient (Wildman–Crippen LogP) is 2.79. The molecule has 54 valence electrons. The van der Waals surface area contributed by atoms with Crippen molar-refractivity contribution in [1.82, 2.24) is 0 Å². The first-order valence-electron chi connectivity index (χ1n) is 2.97. The molecule has 0 N–H and O–H groups in total. The molecule has 0 bridgehead atoms. The van der Waals surface area contributed by atoms with Crippen LogP contribution in [0.5, 0.6) is 0 Å². The Morgan fingerprint density at radius 2 is 1.90 bits per heavy atom. The Balaban J connectivity index is 3.77. The third-order valence-corrected chi connectivity index (χ3v) is 0.788. The second kappa shape index (κ2) is 4.62. The van der Waals surface area contributed by atoms with Crippen LogP contribution in [0.2, 0.25) is 0 Å². The van der Waals surface area contributed by atoms with Gasteiger partial charge in [0.2, 0.25) is 0 Å². The van der Waals surface area contributed by atoms with Crippen LogP contribution in [0.1, 0.15) is 6.92 Å². The van der Waals surface area contributed by atoms with E-state index in [0.717, 1.165) is 5.57 Å². The minimum absolute atomic E-state index is 0.568. The van der Waals surface area contributed by atoms with Gasteiger partial charge in [0.25, 0.3) is 0 Å². The van der Waals surface area contributed by atoms with Gasteiger partial charge in [-0.05, 0) is 13.0 Å². The molecule has 0 radical (unpaired) electrons. The van der Waals surface area contributed by atoms with Gasteiger partial charge in [0.1, 0.15) is 5.76 Å². The summed E-state index contributed by atoms with van der Waals surface area (Å²) in [5.74, 6) is 0.568. The van der Waals surface area contributed by atoms with Gasteiger partial charge in [-0.3, -0.25) is 0 Å². The molecule has 0 rings (SSSR count). The van der Waals surface area contributed by atoms with Crippen LogP contribution < -0.4 is 0 Å². The number of hydrogen-bond acceptors (Lipinski definition) is 1. The van der Waals surface area contributed by atoms with E-state index in [0.29, 0.717) is 5.76 Å². The van der Waals surface area contributed by atoms with Crippen molar-refractivity contribution in [1.29, 1.82) is 0 Å². The van der Waals surface area contributed by atoms with Crippen molar-refractivity contribution in [2.45, 2.75) is 6.92 Å². The van der Waals surface area contributed by atoms with Crippen molar-refractivity contribution in [3.05, 3.63) is 49.5 Å². The van der Waals surface area contributed by atoms with E-state index in [1.54, 1.807) is 6.08 Å². The molecule has 0 aliphatic rings. The predicted molar refractivity (Wildman–Crippen MR) is 44.4 cm³/mol. The van der Waals surface area contributed by atoms with Crippen LogP contribution >= 0.6 is 0 Å². The molecule has 0 atom stereocenters. The van der Waals surface area contributed by atoms with Gasteiger partial charge in [0.15, 0.2) is 0 Å². The second-order valence-corrected chi connectivity index (χ2v) is 1.93. The van der Waals surface area contributed by atoms with Crippen LogP contribution in [0.4, 0.5) is 0 Å². The van der Waals surface area contributed by atoms with Gasteiger partial charge in [-0.1, -0.05) is 31.4 Å². The first kappa shape index (κ1) is 8.76. The fourth-order valence-corrected chi connectivity index (χ4v) is 0.382. The van der Waals surface area contributed by atoms with Crippen LogP contribution in [0.3, 0.4) is 0 Å². The molecule has 0 aromatic rings. The highest BCUT2D eigenvalue weighted by Gasteiger charge is 1.81. The summed E-state index contributed by atoms with van der Waals surface area (Å²) in [5, 5.41) is 0. The fraction of sp³-hybridized carbons (Fsp3) is 0.111. The van der Waals surface area contributed by atoms with Crippen LogP contribution in [0.15, 0.2) is 49.5 Å². The van der Waals surface area contributed by atoms with Gasteiger partial charge in [-0.15, -0.1) is 0 Å². The van der Waals surface area contributed by atoms with Crippen LogP contribution in [-0.4, -0.2) is 0 Å². The van der Waals surface area contributed by atoms with E-state index in [1.807, 2.05) is 13.0 Å². The average molecular weight is 136 g/mol. The quantitative estimate of drug-likeness (QED) is 0.426. The molecular formula is C9H12O. The Morgan fingerprint density at radius 1 is 1.30 bits per heavy atom. The second-order valence-electron chi connectivity index (χ2n) is 1.93. The van der Waals surface area contributed by atoms with E-state index in [4.69, 9.17) is 4.74 Å². The molecule has 0 unspecified atom stereocenters. The molecule has 0 amide bonds. The lowest BCUT2D eigenvalue weighted by Gasteiger charge is -1.95. The summed E-state index contributed by atoms with van der Waals surface area (Å²) in [6, 6.07) is 0. The fourth-order valence-electron chi connectivity index (χ4n) is 0.382. The van der Waals surface area contributed by atoms with Crippen LogP contribution in [-0.2, 0) is 4.74 Å². The lowest BCUT2D eigenvalue weighted by molar-refractivity contribution is 0.372. The Bertz CT molecular complexity index is 175. The lowest BCUT2D eigenvalue weighted by atomic mass is 10.3. The zero-order valence-electron chi connectivity index (χ0n) is 6.26. The summed E-state index contributed by atoms with van der Waals surface area (Å²) in [6.07, 6.45) is 4.90. The Kier molecular flexibility index (Phi) is 4.05. The monoisotopic (exact) mass is 136 g/mol. The summed E-state index contributed by atoms with van der Waals surface area (Å²) >= 11 is 0. The summed E-state index contributed by atoms with van der Waals surface area (Å²) in [7, 11) is 0. The summed E-state index contributed by atoms with van der Waals surface area (Å²) in [6.45, 7) is 12.6. The summed E-state index contributed by atoms with van der Waals surface area (Å²) < 4.78 is 4.83. The molecule has 0 saturated carbocycles. The van der Waals surface area contributed by atoms with Crippen molar-refractivity contribution in [3.8, 4) is 0 Å². The SMILES string of the molecule is C=COC(=C)/C=C\C(=C)C. The Labute approximate surface area is 62.0 Å². The van der Waals surface area contributed by atoms with Crippen molar-refractivity contribution in [2.24, 2.45) is 0 Å². The van der Waals surface area contributed by atoms with Crippen molar-refractivity contribution in [3.63, 3.8) is 0 Å². The van der Waals surface area contributed by atoms with Crippen LogP contribution in [0, 0.1) is 0 Å². The molecule has 0 aliphatic carbocycles. The number of ether oxygens (including phenoxy) is 1. The number of hydrogen-bond donors (Lipinski definition) is 0. The topological polar surface area (TPSA) is 9.23 Å². The maximum atomic E-state index is 4.83. The average Bonchev–Trinajstić information content (AvgIpc) is 1.85. The smallest absolute Gasteiger partial charge is 0.119 e. The van der Waals surface area contributed by atoms with E-state index in [-0.39, 0.29) is 0 Å². The van der Waals surface area contributed by atoms with Gasteiger partial charge in [-0.25, -0.2) is 0 Å². The molecular weight excluding hydrogens is 124 g/mol. The van der Waals surface area contributed by atoms with Crippen molar-refractivity contribution < 1.29 is 4.74 Å². The maximum absolute atomic E-state index is 4.83. The van der Waals surface area contributed by atoms with E-state index in [2.05, 4.69) is 19.7 Å². The molecule has 1 heteroatoms. The molecule has 1 nitrogen and oxygen atoms in total.